The van der Waals surface area contributed by atoms with Crippen LogP contribution in [0.5, 0.6) is 17.2 Å². The van der Waals surface area contributed by atoms with Crippen LogP contribution in [0.1, 0.15) is 66.7 Å². The van der Waals surface area contributed by atoms with Gasteiger partial charge in [0.2, 0.25) is 5.75 Å². The van der Waals surface area contributed by atoms with E-state index in [2.05, 4.69) is 13.8 Å². The molecule has 1 aromatic heterocycles. The molecule has 0 bridgehead atoms. The number of piperidine rings is 1. The van der Waals surface area contributed by atoms with Gasteiger partial charge in [-0.25, -0.2) is 9.78 Å². The van der Waals surface area contributed by atoms with E-state index in [1.165, 1.54) is 0 Å². The highest BCUT2D eigenvalue weighted by Gasteiger charge is 2.31. The van der Waals surface area contributed by atoms with Gasteiger partial charge in [-0.05, 0) is 86.9 Å². The number of rotatable bonds is 7. The highest BCUT2D eigenvalue weighted by molar-refractivity contribution is 6.07. The van der Waals surface area contributed by atoms with Crippen LogP contribution < -0.4 is 14.2 Å². The smallest absolute Gasteiger partial charge is 0.339 e. The van der Waals surface area contributed by atoms with Gasteiger partial charge in [0.05, 0.1) is 38.1 Å². The molecule has 1 aliphatic carbocycles. The Morgan fingerprint density at radius 2 is 1.65 bits per heavy atom. The molecule has 0 N–H and O–H groups in total. The Balaban J connectivity index is 1.49. The van der Waals surface area contributed by atoms with E-state index in [1.54, 1.807) is 21.3 Å². The molecule has 0 spiro atoms. The molecule has 2 atom stereocenters. The SMILES string of the molecule is COc1cc(C=C2CCc3c2nc2ccccc2c3C(=O)OCC(=O)N2C(C)CCCC2C)cc(OC)c1OC. The second-order valence-corrected chi connectivity index (χ2v) is 10.5. The van der Waals surface area contributed by atoms with E-state index in [0.29, 0.717) is 41.2 Å². The van der Waals surface area contributed by atoms with Gasteiger partial charge in [0.25, 0.3) is 5.91 Å². The summed E-state index contributed by atoms with van der Waals surface area (Å²) in [5, 5.41) is 0.729. The predicted molar refractivity (Wildman–Crippen MR) is 154 cm³/mol. The lowest BCUT2D eigenvalue weighted by Crippen LogP contribution is -2.49. The van der Waals surface area contributed by atoms with Crippen LogP contribution in [0.4, 0.5) is 0 Å². The molecule has 3 aromatic rings. The Hall–Kier alpha value is -4.07. The van der Waals surface area contributed by atoms with Crippen molar-refractivity contribution in [3.8, 4) is 17.2 Å². The maximum Gasteiger partial charge on any atom is 0.339 e. The summed E-state index contributed by atoms with van der Waals surface area (Å²) >= 11 is 0. The molecular formula is C32H36N2O6. The average molecular weight is 545 g/mol. The highest BCUT2D eigenvalue weighted by atomic mass is 16.5. The summed E-state index contributed by atoms with van der Waals surface area (Å²) in [5.41, 5.74) is 4.67. The molecule has 40 heavy (non-hydrogen) atoms. The number of amides is 1. The van der Waals surface area contributed by atoms with Crippen LogP contribution in [0.15, 0.2) is 36.4 Å². The van der Waals surface area contributed by atoms with Crippen molar-refractivity contribution in [1.29, 1.82) is 0 Å². The zero-order valence-electron chi connectivity index (χ0n) is 23.8. The number of carbonyl (C=O) groups is 2. The number of allylic oxidation sites excluding steroid dienone is 1. The predicted octanol–water partition coefficient (Wildman–Crippen LogP) is 5.69. The van der Waals surface area contributed by atoms with Crippen molar-refractivity contribution in [2.24, 2.45) is 0 Å². The normalized spacial score (nSPS) is 19.4. The number of aromatic nitrogens is 1. The number of esters is 1. The molecular weight excluding hydrogens is 508 g/mol. The van der Waals surface area contributed by atoms with Gasteiger partial charge in [-0.1, -0.05) is 18.2 Å². The summed E-state index contributed by atoms with van der Waals surface area (Å²) in [7, 11) is 4.74. The molecule has 8 heteroatoms. The number of methoxy groups -OCH3 is 3. The Bertz CT molecular complexity index is 1440. The second kappa shape index (κ2) is 11.6. The van der Waals surface area contributed by atoms with Crippen molar-refractivity contribution < 1.29 is 28.5 Å². The quantitative estimate of drug-likeness (QED) is 0.353. The molecule has 5 rings (SSSR count). The zero-order valence-corrected chi connectivity index (χ0v) is 23.8. The van der Waals surface area contributed by atoms with Crippen LogP contribution in [0.2, 0.25) is 0 Å². The van der Waals surface area contributed by atoms with Gasteiger partial charge in [-0.2, -0.15) is 0 Å². The van der Waals surface area contributed by atoms with Crippen LogP contribution >= 0.6 is 0 Å². The molecule has 2 heterocycles. The van der Waals surface area contributed by atoms with Gasteiger partial charge in [0, 0.05) is 17.5 Å². The minimum absolute atomic E-state index is 0.142. The van der Waals surface area contributed by atoms with Crippen LogP contribution in [-0.4, -0.2) is 61.8 Å². The van der Waals surface area contributed by atoms with E-state index in [4.69, 9.17) is 23.9 Å². The summed E-state index contributed by atoms with van der Waals surface area (Å²) < 4.78 is 22.2. The number of ether oxygens (including phenoxy) is 4. The standard InChI is InChI=1S/C32H36N2O6/c1-19-9-8-10-20(2)34(19)28(35)18-40-32(36)29-23-11-6-7-12-25(23)33-30-22(13-14-24(29)30)15-21-16-26(37-3)31(39-5)27(17-21)38-4/h6-7,11-12,15-17,19-20H,8-10,13-14,18H2,1-5H3. The van der Waals surface area contributed by atoms with Crippen molar-refractivity contribution in [1.82, 2.24) is 9.88 Å². The number of benzene rings is 2. The first-order valence-electron chi connectivity index (χ1n) is 13.8. The third kappa shape index (κ3) is 5.10. The number of likely N-dealkylation sites (tertiary alicyclic amines) is 1. The maximum absolute atomic E-state index is 13.6. The Labute approximate surface area is 234 Å². The molecule has 0 radical (unpaired) electrons. The largest absolute Gasteiger partial charge is 0.493 e. The number of hydrogen-bond acceptors (Lipinski definition) is 7. The van der Waals surface area contributed by atoms with Gasteiger partial charge in [0.15, 0.2) is 18.1 Å². The van der Waals surface area contributed by atoms with E-state index in [0.717, 1.165) is 47.0 Å². The molecule has 1 fully saturated rings. The summed E-state index contributed by atoms with van der Waals surface area (Å²) in [6.07, 6.45) is 6.42. The summed E-state index contributed by atoms with van der Waals surface area (Å²) in [6, 6.07) is 11.6. The second-order valence-electron chi connectivity index (χ2n) is 10.5. The van der Waals surface area contributed by atoms with Crippen LogP contribution in [0.3, 0.4) is 0 Å². The topological polar surface area (TPSA) is 87.2 Å². The number of hydrogen-bond donors (Lipinski definition) is 0. The first-order chi connectivity index (χ1) is 19.4. The molecule has 2 aliphatic rings. The monoisotopic (exact) mass is 544 g/mol. The lowest BCUT2D eigenvalue weighted by atomic mass is 9.97. The third-order valence-corrected chi connectivity index (χ3v) is 7.98. The number of pyridine rings is 1. The summed E-state index contributed by atoms with van der Waals surface area (Å²) in [6.45, 7) is 3.84. The molecule has 1 aliphatic heterocycles. The fourth-order valence-electron chi connectivity index (χ4n) is 6.08. The van der Waals surface area contributed by atoms with Crippen LogP contribution in [-0.2, 0) is 16.0 Å². The van der Waals surface area contributed by atoms with E-state index in [9.17, 15) is 9.59 Å². The van der Waals surface area contributed by atoms with Crippen molar-refractivity contribution in [2.75, 3.05) is 27.9 Å². The molecule has 1 amide bonds. The Morgan fingerprint density at radius 3 is 2.30 bits per heavy atom. The minimum atomic E-state index is -0.491. The molecule has 1 saturated heterocycles. The van der Waals surface area contributed by atoms with Crippen molar-refractivity contribution in [3.05, 3.63) is 58.8 Å². The van der Waals surface area contributed by atoms with Gasteiger partial charge in [-0.3, -0.25) is 4.79 Å². The lowest BCUT2D eigenvalue weighted by molar-refractivity contribution is -0.140. The first kappa shape index (κ1) is 27.5. The van der Waals surface area contributed by atoms with Gasteiger partial charge >= 0.3 is 5.97 Å². The van der Waals surface area contributed by atoms with Crippen LogP contribution in [0.25, 0.3) is 22.6 Å². The average Bonchev–Trinajstić information content (AvgIpc) is 3.35. The van der Waals surface area contributed by atoms with Crippen molar-refractivity contribution in [2.45, 2.75) is 58.0 Å². The fourth-order valence-corrected chi connectivity index (χ4v) is 6.08. The van der Waals surface area contributed by atoms with Crippen molar-refractivity contribution in [3.63, 3.8) is 0 Å². The summed E-state index contributed by atoms with van der Waals surface area (Å²) in [5.74, 6) is 1.01. The molecule has 2 unspecified atom stereocenters. The minimum Gasteiger partial charge on any atom is -0.493 e. The Morgan fingerprint density at radius 1 is 0.975 bits per heavy atom. The zero-order chi connectivity index (χ0) is 28.4. The van der Waals surface area contributed by atoms with Gasteiger partial charge in [0.1, 0.15) is 0 Å². The maximum atomic E-state index is 13.6. The molecule has 2 aromatic carbocycles. The fraction of sp³-hybridized carbons (Fsp3) is 0.406. The number of fused-ring (bicyclic) bond motifs is 2. The first-order valence-corrected chi connectivity index (χ1v) is 13.8. The van der Waals surface area contributed by atoms with Crippen molar-refractivity contribution >= 4 is 34.4 Å². The van der Waals surface area contributed by atoms with E-state index in [-0.39, 0.29) is 24.6 Å². The van der Waals surface area contributed by atoms with E-state index in [1.807, 2.05) is 47.4 Å². The van der Waals surface area contributed by atoms with Gasteiger partial charge in [-0.15, -0.1) is 0 Å². The lowest BCUT2D eigenvalue weighted by Gasteiger charge is -2.38. The van der Waals surface area contributed by atoms with E-state index >= 15 is 0 Å². The van der Waals surface area contributed by atoms with E-state index < -0.39 is 5.97 Å². The Kier molecular flexibility index (Phi) is 7.96. The summed E-state index contributed by atoms with van der Waals surface area (Å²) in [4.78, 5) is 33.5. The van der Waals surface area contributed by atoms with Crippen LogP contribution in [0, 0.1) is 0 Å². The molecule has 0 saturated carbocycles. The third-order valence-electron chi connectivity index (χ3n) is 7.98. The highest BCUT2D eigenvalue weighted by Crippen LogP contribution is 2.41. The number of para-hydroxylation sites is 1. The number of nitrogens with zero attached hydrogens (tertiary/aromatic N) is 2. The number of carbonyl (C=O) groups excluding carboxylic acids is 2. The van der Waals surface area contributed by atoms with Gasteiger partial charge < -0.3 is 23.8 Å². The molecule has 8 nitrogen and oxygen atoms in total. The molecule has 210 valence electrons.